The summed E-state index contributed by atoms with van der Waals surface area (Å²) in [5.41, 5.74) is 4.73. The number of carbonyl (C=O) groups excluding carboxylic acids is 1. The monoisotopic (exact) mass is 674 g/mol. The number of aryl methyl sites for hydroxylation is 1. The highest BCUT2D eigenvalue weighted by atomic mass is 79.9. The molecule has 2 heterocycles. The van der Waals surface area contributed by atoms with Gasteiger partial charge in [-0.2, -0.15) is 0 Å². The number of carbonyl (C=O) groups is 1. The minimum atomic E-state index is -0.478. The number of rotatable bonds is 9. The minimum absolute atomic E-state index is 0.106. The van der Waals surface area contributed by atoms with E-state index < -0.39 is 5.60 Å². The summed E-state index contributed by atoms with van der Waals surface area (Å²) in [4.78, 5) is 25.7. The van der Waals surface area contributed by atoms with E-state index in [4.69, 9.17) is 21.3 Å². The van der Waals surface area contributed by atoms with Crippen LogP contribution in [0.2, 0.25) is 5.02 Å². The molecule has 3 aliphatic rings. The van der Waals surface area contributed by atoms with Crippen LogP contribution in [-0.2, 0) is 11.2 Å². The van der Waals surface area contributed by atoms with Crippen LogP contribution in [0.15, 0.2) is 47.1 Å². The van der Waals surface area contributed by atoms with Crippen molar-refractivity contribution in [1.82, 2.24) is 14.7 Å². The third-order valence-electron chi connectivity index (χ3n) is 8.94. The Morgan fingerprint density at radius 3 is 2.58 bits per heavy atom. The summed E-state index contributed by atoms with van der Waals surface area (Å²) in [5.74, 6) is 0. The standard InChI is InChI=1S/C35H52BrClN4O2/c1-7-9-11-30-24-40(20-21-41(30)34(42)43-35(4,5)6)29-16-18-39(19-17-29)33-31-15-14-28(37)22-27(31)13-12-26(10-8-2)32(33)38-23-25(3)36/h8,14-15,22-23,25,29-30,33H,2,7,9-13,16-21,24H2,1,3-6H3. The molecule has 1 aromatic rings. The van der Waals surface area contributed by atoms with Crippen LogP contribution in [-0.4, -0.2) is 82.2 Å². The van der Waals surface area contributed by atoms with E-state index in [1.165, 1.54) is 22.4 Å². The first-order chi connectivity index (χ1) is 20.5. The van der Waals surface area contributed by atoms with E-state index in [9.17, 15) is 4.79 Å². The SMILES string of the molecule is C=CCC1=C(N=CC(C)Br)C(N2CCC(N3CCN(C(=O)OC(C)(C)C)C(CCCC)C3)CC2)c2ccc(Cl)cc2CC1. The summed E-state index contributed by atoms with van der Waals surface area (Å²) < 4.78 is 5.79. The van der Waals surface area contributed by atoms with Crippen molar-refractivity contribution in [3.05, 3.63) is 58.3 Å². The molecule has 3 atom stereocenters. The van der Waals surface area contributed by atoms with Gasteiger partial charge in [-0.25, -0.2) is 4.79 Å². The number of hydrogen-bond acceptors (Lipinski definition) is 5. The van der Waals surface area contributed by atoms with Crippen LogP contribution in [0.3, 0.4) is 0 Å². The molecule has 238 valence electrons. The lowest BCUT2D eigenvalue weighted by Crippen LogP contribution is -2.59. The largest absolute Gasteiger partial charge is 0.444 e. The fourth-order valence-corrected chi connectivity index (χ4v) is 7.19. The Labute approximate surface area is 273 Å². The number of hydrogen-bond donors (Lipinski definition) is 0. The second-order valence-corrected chi connectivity index (χ2v) is 15.3. The van der Waals surface area contributed by atoms with Crippen LogP contribution in [0.5, 0.6) is 0 Å². The van der Waals surface area contributed by atoms with Gasteiger partial charge < -0.3 is 9.64 Å². The van der Waals surface area contributed by atoms with Crippen LogP contribution in [0.1, 0.15) is 96.7 Å². The highest BCUT2D eigenvalue weighted by Crippen LogP contribution is 2.41. The van der Waals surface area contributed by atoms with Gasteiger partial charge in [-0.05, 0) is 95.1 Å². The number of piperidine rings is 1. The number of halogens is 2. The first kappa shape index (κ1) is 34.2. The Kier molecular flexibility index (Phi) is 12.4. The molecule has 0 spiro atoms. The van der Waals surface area contributed by atoms with Gasteiger partial charge in [0.25, 0.3) is 0 Å². The number of ether oxygens (including phenoxy) is 1. The van der Waals surface area contributed by atoms with E-state index in [-0.39, 0.29) is 23.0 Å². The molecule has 1 amide bonds. The van der Waals surface area contributed by atoms with Gasteiger partial charge >= 0.3 is 6.09 Å². The smallest absolute Gasteiger partial charge is 0.410 e. The summed E-state index contributed by atoms with van der Waals surface area (Å²) in [6, 6.07) is 7.25. The van der Waals surface area contributed by atoms with Crippen molar-refractivity contribution in [2.75, 3.05) is 32.7 Å². The summed E-state index contributed by atoms with van der Waals surface area (Å²) in [6.45, 7) is 18.8. The molecule has 1 aromatic carbocycles. The maximum absolute atomic E-state index is 13.1. The van der Waals surface area contributed by atoms with Crippen molar-refractivity contribution in [2.24, 2.45) is 4.99 Å². The number of nitrogens with zero attached hydrogens (tertiary/aromatic N) is 4. The number of alkyl halides is 1. The maximum atomic E-state index is 13.1. The van der Waals surface area contributed by atoms with E-state index in [0.717, 1.165) is 89.1 Å². The van der Waals surface area contributed by atoms with Crippen LogP contribution >= 0.6 is 27.5 Å². The normalized spacial score (nSPS) is 23.7. The molecule has 3 unspecified atom stereocenters. The Morgan fingerprint density at radius 2 is 1.93 bits per heavy atom. The minimum Gasteiger partial charge on any atom is -0.444 e. The van der Waals surface area contributed by atoms with Gasteiger partial charge in [-0.1, -0.05) is 59.4 Å². The van der Waals surface area contributed by atoms with E-state index in [1.54, 1.807) is 0 Å². The van der Waals surface area contributed by atoms with Gasteiger partial charge in [0.2, 0.25) is 0 Å². The molecule has 2 saturated heterocycles. The lowest BCUT2D eigenvalue weighted by atomic mass is 9.92. The third-order valence-corrected chi connectivity index (χ3v) is 9.41. The first-order valence-corrected chi connectivity index (χ1v) is 17.6. The Hall–Kier alpha value is -1.67. The van der Waals surface area contributed by atoms with Crippen LogP contribution in [0.25, 0.3) is 0 Å². The van der Waals surface area contributed by atoms with Gasteiger partial charge in [0.15, 0.2) is 0 Å². The molecule has 43 heavy (non-hydrogen) atoms. The topological polar surface area (TPSA) is 48.4 Å². The van der Waals surface area contributed by atoms with Crippen molar-refractivity contribution >= 4 is 39.8 Å². The summed E-state index contributed by atoms with van der Waals surface area (Å²) in [5, 5.41) is 0.797. The van der Waals surface area contributed by atoms with Crippen molar-refractivity contribution in [3.63, 3.8) is 0 Å². The molecule has 0 saturated carbocycles. The van der Waals surface area contributed by atoms with Crippen molar-refractivity contribution < 1.29 is 9.53 Å². The predicted molar refractivity (Wildman–Crippen MR) is 184 cm³/mol. The zero-order chi connectivity index (χ0) is 31.1. The lowest BCUT2D eigenvalue weighted by molar-refractivity contribution is -0.0161. The first-order valence-electron chi connectivity index (χ1n) is 16.3. The Balaban J connectivity index is 1.53. The molecule has 0 aromatic heterocycles. The summed E-state index contributed by atoms with van der Waals surface area (Å²) in [6.07, 6.45) is 12.2. The van der Waals surface area contributed by atoms with Gasteiger partial charge in [-0.15, -0.1) is 6.58 Å². The third kappa shape index (κ3) is 9.18. The average molecular weight is 676 g/mol. The fraction of sp³-hybridized carbons (Fsp3) is 0.657. The summed E-state index contributed by atoms with van der Waals surface area (Å²) >= 11 is 10.2. The molecule has 0 bridgehead atoms. The molecule has 6 nitrogen and oxygen atoms in total. The van der Waals surface area contributed by atoms with Gasteiger partial charge in [0.05, 0.1) is 11.7 Å². The van der Waals surface area contributed by atoms with E-state index in [2.05, 4.69) is 58.3 Å². The highest BCUT2D eigenvalue weighted by molar-refractivity contribution is 9.09. The van der Waals surface area contributed by atoms with Crippen LogP contribution < -0.4 is 0 Å². The Morgan fingerprint density at radius 1 is 1.19 bits per heavy atom. The van der Waals surface area contributed by atoms with E-state index >= 15 is 0 Å². The zero-order valence-electron chi connectivity index (χ0n) is 27.0. The molecule has 1 aliphatic carbocycles. The second-order valence-electron chi connectivity index (χ2n) is 13.4. The van der Waals surface area contributed by atoms with E-state index in [1.807, 2.05) is 44.0 Å². The number of amides is 1. The maximum Gasteiger partial charge on any atom is 0.410 e. The molecular weight excluding hydrogens is 624 g/mol. The average Bonchev–Trinajstić information content (AvgIpc) is 3.10. The number of likely N-dealkylation sites (tertiary alicyclic amines) is 1. The molecule has 8 heteroatoms. The highest BCUT2D eigenvalue weighted by Gasteiger charge is 2.38. The van der Waals surface area contributed by atoms with Crippen molar-refractivity contribution in [1.29, 1.82) is 0 Å². The molecule has 0 N–H and O–H groups in total. The number of fused-ring (bicyclic) bond motifs is 1. The fourth-order valence-electron chi connectivity index (χ4n) is 6.88. The number of unbranched alkanes of at least 4 members (excludes halogenated alkanes) is 1. The van der Waals surface area contributed by atoms with Gasteiger partial charge in [-0.3, -0.25) is 14.8 Å². The quantitative estimate of drug-likeness (QED) is 0.150. The van der Waals surface area contributed by atoms with E-state index in [0.29, 0.717) is 6.04 Å². The lowest BCUT2D eigenvalue weighted by Gasteiger charge is -2.47. The van der Waals surface area contributed by atoms with Gasteiger partial charge in [0, 0.05) is 60.9 Å². The molecule has 4 rings (SSSR count). The Bertz CT molecular complexity index is 1170. The number of aliphatic imine (C=N–C) groups is 1. The zero-order valence-corrected chi connectivity index (χ0v) is 29.3. The second kappa shape index (κ2) is 15.6. The molecule has 2 fully saturated rings. The molecule has 2 aliphatic heterocycles. The predicted octanol–water partition coefficient (Wildman–Crippen LogP) is 8.59. The molecule has 0 radical (unpaired) electrons. The number of piperazine rings is 1. The number of allylic oxidation sites excluding steroid dienone is 2. The van der Waals surface area contributed by atoms with Crippen LogP contribution in [0, 0.1) is 0 Å². The van der Waals surface area contributed by atoms with Crippen molar-refractivity contribution in [3.8, 4) is 0 Å². The van der Waals surface area contributed by atoms with Crippen molar-refractivity contribution in [2.45, 2.75) is 115 Å². The number of benzene rings is 1. The summed E-state index contributed by atoms with van der Waals surface area (Å²) in [7, 11) is 0. The molecular formula is C35H52BrClN4O2. The van der Waals surface area contributed by atoms with Gasteiger partial charge in [0.1, 0.15) is 5.60 Å². The van der Waals surface area contributed by atoms with Crippen LogP contribution in [0.4, 0.5) is 4.79 Å².